The summed E-state index contributed by atoms with van der Waals surface area (Å²) in [4.78, 5) is 0. The molecule has 0 atom stereocenters. The molecule has 2 rings (SSSR count). The molecular formula is C13H13ClN4O. The number of anilines is 1. The number of benzene rings is 1. The summed E-state index contributed by atoms with van der Waals surface area (Å²) in [5, 5.41) is 12.1. The van der Waals surface area contributed by atoms with Crippen molar-refractivity contribution in [1.82, 2.24) is 10.2 Å². The number of rotatable bonds is 4. The van der Waals surface area contributed by atoms with Gasteiger partial charge in [-0.1, -0.05) is 11.6 Å². The van der Waals surface area contributed by atoms with E-state index >= 15 is 0 Å². The van der Waals surface area contributed by atoms with E-state index in [0.29, 0.717) is 11.0 Å². The average Bonchev–Trinajstić information content (AvgIpc) is 2.46. The summed E-state index contributed by atoms with van der Waals surface area (Å²) in [6.45, 7) is 1.90. The molecule has 0 bridgehead atoms. The zero-order valence-electron chi connectivity index (χ0n) is 10.6. The van der Waals surface area contributed by atoms with E-state index < -0.39 is 0 Å². The Kier molecular flexibility index (Phi) is 4.30. The lowest BCUT2D eigenvalue weighted by atomic mass is 10.1. The summed E-state index contributed by atoms with van der Waals surface area (Å²) in [6, 6.07) is 11.0. The second-order valence-electron chi connectivity index (χ2n) is 3.78. The second-order valence-corrected chi connectivity index (χ2v) is 4.17. The van der Waals surface area contributed by atoms with Gasteiger partial charge in [0, 0.05) is 0 Å². The summed E-state index contributed by atoms with van der Waals surface area (Å²) in [6.07, 6.45) is 0. The lowest BCUT2D eigenvalue weighted by Crippen LogP contribution is -2.01. The molecular weight excluding hydrogens is 264 g/mol. The maximum absolute atomic E-state index is 5.65. The Morgan fingerprint density at radius 1 is 1.16 bits per heavy atom. The van der Waals surface area contributed by atoms with Crippen molar-refractivity contribution in [2.75, 3.05) is 12.5 Å². The number of hydrogen-bond donors (Lipinski definition) is 1. The Morgan fingerprint density at radius 3 is 2.47 bits per heavy atom. The molecule has 0 aliphatic heterocycles. The van der Waals surface area contributed by atoms with Crippen LogP contribution in [-0.2, 0) is 0 Å². The minimum atomic E-state index is 0.349. The zero-order chi connectivity index (χ0) is 13.7. The number of hydrogen-bond acceptors (Lipinski definition) is 5. The molecule has 6 heteroatoms. The first-order valence-corrected chi connectivity index (χ1v) is 6.01. The molecule has 0 radical (unpaired) electrons. The number of ether oxygens (including phenoxy) is 1. The van der Waals surface area contributed by atoms with E-state index in [2.05, 4.69) is 20.7 Å². The van der Waals surface area contributed by atoms with Crippen LogP contribution in [0.1, 0.15) is 12.5 Å². The third-order valence-corrected chi connectivity index (χ3v) is 2.68. The number of aromatic nitrogens is 2. The molecule has 0 aliphatic carbocycles. The van der Waals surface area contributed by atoms with E-state index in [9.17, 15) is 0 Å². The monoisotopic (exact) mass is 276 g/mol. The van der Waals surface area contributed by atoms with Crippen LogP contribution >= 0.6 is 11.6 Å². The lowest BCUT2D eigenvalue weighted by Gasteiger charge is -2.04. The minimum Gasteiger partial charge on any atom is -0.497 e. The van der Waals surface area contributed by atoms with Crippen molar-refractivity contribution in [2.45, 2.75) is 6.92 Å². The van der Waals surface area contributed by atoms with Gasteiger partial charge in [0.15, 0.2) is 11.0 Å². The van der Waals surface area contributed by atoms with Crippen molar-refractivity contribution >= 4 is 23.1 Å². The summed E-state index contributed by atoms with van der Waals surface area (Å²) in [5.41, 5.74) is 4.65. The van der Waals surface area contributed by atoms with Crippen LogP contribution in [0.15, 0.2) is 41.5 Å². The largest absolute Gasteiger partial charge is 0.497 e. The smallest absolute Gasteiger partial charge is 0.168 e. The van der Waals surface area contributed by atoms with Crippen LogP contribution in [0.4, 0.5) is 5.82 Å². The van der Waals surface area contributed by atoms with Gasteiger partial charge in [-0.15, -0.1) is 10.2 Å². The molecule has 1 N–H and O–H groups in total. The molecule has 0 saturated carbocycles. The highest BCUT2D eigenvalue weighted by Gasteiger charge is 1.99. The highest BCUT2D eigenvalue weighted by molar-refractivity contribution is 6.29. The Labute approximate surface area is 116 Å². The Bertz CT molecular complexity index is 566. The first-order valence-electron chi connectivity index (χ1n) is 5.63. The van der Waals surface area contributed by atoms with Crippen molar-refractivity contribution in [3.8, 4) is 5.75 Å². The fourth-order valence-corrected chi connectivity index (χ4v) is 1.51. The van der Waals surface area contributed by atoms with Crippen LogP contribution in [-0.4, -0.2) is 23.0 Å². The molecule has 0 fully saturated rings. The Hall–Kier alpha value is -2.14. The van der Waals surface area contributed by atoms with Crippen molar-refractivity contribution in [3.05, 3.63) is 47.1 Å². The fraction of sp³-hybridized carbons (Fsp3) is 0.154. The molecule has 0 unspecified atom stereocenters. The maximum Gasteiger partial charge on any atom is 0.168 e. The molecule has 0 aliphatic rings. The van der Waals surface area contributed by atoms with Crippen LogP contribution in [0.3, 0.4) is 0 Å². The van der Waals surface area contributed by atoms with Gasteiger partial charge in [0.1, 0.15) is 5.75 Å². The topological polar surface area (TPSA) is 59.4 Å². The normalized spacial score (nSPS) is 11.2. The molecule has 1 aromatic heterocycles. The second kappa shape index (κ2) is 6.15. The van der Waals surface area contributed by atoms with Crippen LogP contribution in [0.25, 0.3) is 0 Å². The molecule has 0 saturated heterocycles. The summed E-state index contributed by atoms with van der Waals surface area (Å²) >= 11 is 5.65. The van der Waals surface area contributed by atoms with Gasteiger partial charge in [-0.3, -0.25) is 5.43 Å². The molecule has 1 aromatic carbocycles. The van der Waals surface area contributed by atoms with Crippen molar-refractivity contribution < 1.29 is 4.74 Å². The van der Waals surface area contributed by atoms with E-state index in [1.807, 2.05) is 31.2 Å². The fourth-order valence-electron chi connectivity index (χ4n) is 1.41. The van der Waals surface area contributed by atoms with Crippen molar-refractivity contribution in [2.24, 2.45) is 5.10 Å². The Morgan fingerprint density at radius 2 is 1.89 bits per heavy atom. The molecule has 19 heavy (non-hydrogen) atoms. The molecule has 5 nitrogen and oxygen atoms in total. The van der Waals surface area contributed by atoms with Crippen molar-refractivity contribution in [1.29, 1.82) is 0 Å². The van der Waals surface area contributed by atoms with E-state index in [1.165, 1.54) is 0 Å². The summed E-state index contributed by atoms with van der Waals surface area (Å²) < 4.78 is 5.10. The molecule has 0 amide bonds. The lowest BCUT2D eigenvalue weighted by molar-refractivity contribution is 0.415. The van der Waals surface area contributed by atoms with Gasteiger partial charge in [0.2, 0.25) is 0 Å². The Balaban J connectivity index is 2.07. The van der Waals surface area contributed by atoms with E-state index in [-0.39, 0.29) is 0 Å². The minimum absolute atomic E-state index is 0.349. The number of nitrogens with one attached hydrogen (secondary N) is 1. The highest BCUT2D eigenvalue weighted by Crippen LogP contribution is 2.12. The quantitative estimate of drug-likeness (QED) is 0.689. The number of hydrazone groups is 1. The van der Waals surface area contributed by atoms with Crippen LogP contribution in [0.5, 0.6) is 5.75 Å². The predicted octanol–water partition coefficient (Wildman–Crippen LogP) is 2.97. The van der Waals surface area contributed by atoms with Gasteiger partial charge in [-0.2, -0.15) is 5.10 Å². The first kappa shape index (κ1) is 13.3. The van der Waals surface area contributed by atoms with E-state index in [4.69, 9.17) is 16.3 Å². The summed E-state index contributed by atoms with van der Waals surface area (Å²) in [7, 11) is 1.64. The zero-order valence-corrected chi connectivity index (χ0v) is 11.3. The molecule has 2 aromatic rings. The SMILES string of the molecule is COc1ccc(/C(C)=N/Nc2ccc(Cl)nn2)cc1. The summed E-state index contributed by atoms with van der Waals surface area (Å²) in [5.74, 6) is 1.35. The van der Waals surface area contributed by atoms with Crippen LogP contribution in [0.2, 0.25) is 5.15 Å². The van der Waals surface area contributed by atoms with Gasteiger partial charge in [0.05, 0.1) is 12.8 Å². The number of halogens is 1. The van der Waals surface area contributed by atoms with Crippen LogP contribution < -0.4 is 10.2 Å². The van der Waals surface area contributed by atoms with Gasteiger partial charge in [0.25, 0.3) is 0 Å². The average molecular weight is 277 g/mol. The highest BCUT2D eigenvalue weighted by atomic mass is 35.5. The molecule has 1 heterocycles. The number of nitrogens with zero attached hydrogens (tertiary/aromatic N) is 3. The van der Waals surface area contributed by atoms with E-state index in [0.717, 1.165) is 17.0 Å². The van der Waals surface area contributed by atoms with Gasteiger partial charge in [-0.25, -0.2) is 0 Å². The van der Waals surface area contributed by atoms with Crippen molar-refractivity contribution in [3.63, 3.8) is 0 Å². The first-order chi connectivity index (χ1) is 9.19. The van der Waals surface area contributed by atoms with Crippen LogP contribution in [0, 0.1) is 0 Å². The third-order valence-electron chi connectivity index (χ3n) is 2.48. The molecule has 0 spiro atoms. The standard InChI is InChI=1S/C13H13ClN4O/c1-9(10-3-5-11(19-2)6-4-10)15-17-13-8-7-12(14)16-18-13/h3-8H,1-2H3,(H,17,18)/b15-9+. The van der Waals surface area contributed by atoms with Gasteiger partial charge in [-0.05, 0) is 48.9 Å². The predicted molar refractivity (Wildman–Crippen MR) is 75.9 cm³/mol. The third kappa shape index (κ3) is 3.66. The van der Waals surface area contributed by atoms with E-state index in [1.54, 1.807) is 19.2 Å². The van der Waals surface area contributed by atoms with Gasteiger partial charge < -0.3 is 4.74 Å². The maximum atomic E-state index is 5.65. The van der Waals surface area contributed by atoms with Gasteiger partial charge >= 0.3 is 0 Å². The molecule has 98 valence electrons. The number of methoxy groups -OCH3 is 1.